The molecule has 15 atom stereocenters. The first-order valence-electron chi connectivity index (χ1n) is 45.9. The summed E-state index contributed by atoms with van der Waals surface area (Å²) >= 11 is 0. The van der Waals surface area contributed by atoms with Gasteiger partial charge in [-0.1, -0.05) is 89.3 Å². The van der Waals surface area contributed by atoms with Crippen LogP contribution in [0.1, 0.15) is 175 Å². The van der Waals surface area contributed by atoms with Gasteiger partial charge in [-0.15, -0.1) is 0 Å². The van der Waals surface area contributed by atoms with E-state index in [0.29, 0.717) is 231 Å². The molecule has 4 aliphatic heterocycles. The molecule has 0 spiro atoms. The Balaban J connectivity index is 0.000000355. The number of allylic oxidation sites excluding steroid dienone is 6. The second-order valence-corrected chi connectivity index (χ2v) is 34.2. The Morgan fingerprint density at radius 1 is 0.711 bits per heavy atom. The Bertz CT molecular complexity index is 4450. The second kappa shape index (κ2) is 53.8. The number of benzene rings is 1. The van der Waals surface area contributed by atoms with Gasteiger partial charge in [0.05, 0.1) is 123 Å². The summed E-state index contributed by atoms with van der Waals surface area (Å²) in [5.41, 5.74) is 14.1. The smallest absolute Gasteiger partial charge is 0.329 e. The molecular weight excluding hydrogens is 1650 g/mol. The number of amides is 2. The molecule has 708 valence electrons. The van der Waals surface area contributed by atoms with Crippen LogP contribution in [0.25, 0.3) is 33.3 Å². The number of esters is 2. The molecule has 2 bridgehead atoms. The fraction of sp³-hybridized carbons (Fsp3) is 0.656. The number of Topliss-reactive ketones (excluding diaryl/α,β-unsaturated/α-hetero) is 3. The summed E-state index contributed by atoms with van der Waals surface area (Å²) in [6.45, 7) is 26.3. The van der Waals surface area contributed by atoms with E-state index in [9.17, 15) is 43.8 Å². The summed E-state index contributed by atoms with van der Waals surface area (Å²) in [6, 6.07) is 9.23. The number of aliphatic hydroxyl groups excluding tert-OH is 1. The van der Waals surface area contributed by atoms with Gasteiger partial charge in [0.2, 0.25) is 11.7 Å². The zero-order chi connectivity index (χ0) is 92.1. The topological polar surface area (TPSA) is 394 Å². The number of ether oxygens (including phenoxy) is 14. The van der Waals surface area contributed by atoms with Gasteiger partial charge in [-0.25, -0.2) is 24.4 Å². The quantitative estimate of drug-likeness (QED) is 0.0124. The highest BCUT2D eigenvalue weighted by Gasteiger charge is 2.53. The molecular formula is C96H141N9O23. The number of fused-ring (bicyclic) bond motifs is 6. The van der Waals surface area contributed by atoms with Crippen LogP contribution >= 0.6 is 0 Å². The number of carbonyl (C=O) groups excluding carboxylic acids is 7. The number of aromatic nitrogens is 6. The Hall–Kier alpha value is -8.45. The predicted molar refractivity (Wildman–Crippen MR) is 480 cm³/mol. The molecule has 1 aromatic carbocycles. The van der Waals surface area contributed by atoms with Crippen molar-refractivity contribution < 1.29 is 110 Å². The molecule has 8 heterocycles. The maximum atomic E-state index is 14.7. The van der Waals surface area contributed by atoms with Crippen molar-refractivity contribution in [3.8, 4) is 11.3 Å². The van der Waals surface area contributed by atoms with Crippen LogP contribution in [-0.4, -0.2) is 286 Å². The number of cyclic esters (lactones) is 1. The molecule has 5 aromatic rings. The number of methoxy groups -OCH3 is 3. The van der Waals surface area contributed by atoms with E-state index in [0.717, 1.165) is 39.7 Å². The van der Waals surface area contributed by atoms with Gasteiger partial charge in [0.15, 0.2) is 11.4 Å². The molecule has 128 heavy (non-hydrogen) atoms. The highest BCUT2D eigenvalue weighted by Crippen LogP contribution is 2.40. The van der Waals surface area contributed by atoms with Crippen molar-refractivity contribution in [2.24, 2.45) is 35.5 Å². The van der Waals surface area contributed by atoms with Crippen molar-refractivity contribution in [3.05, 3.63) is 113 Å². The van der Waals surface area contributed by atoms with E-state index < -0.39 is 95.9 Å². The summed E-state index contributed by atoms with van der Waals surface area (Å²) < 4.78 is 81.4. The first-order chi connectivity index (χ1) is 61.8. The molecule has 0 radical (unpaired) electrons. The molecule has 5 aliphatic rings. The van der Waals surface area contributed by atoms with Crippen LogP contribution in [0.2, 0.25) is 0 Å². The molecule has 10 rings (SSSR count). The Labute approximate surface area is 753 Å². The monoisotopic (exact) mass is 1790 g/mol. The lowest BCUT2D eigenvalue weighted by Gasteiger charge is -2.42. The third-order valence-electron chi connectivity index (χ3n) is 24.7. The number of aromatic amines is 1. The standard InChI is InChI=1S/C65H105NO19.C31H36N8O4/c1-12-78-29-30-80-33-34-82-36-35-81-32-31-79-28-18-22-58(68)83-54-26-24-50(40-57(54)76-10)39-46(5)56-42-53(67)45(4)38-48(7)60(70)61(77-11)59(69)47(6)37-43(2)19-14-13-15-20-44(3)55(75-9)41-51-25-23-49(8)65(74,85-51)62(71)63(72)66-27-17-16-21-52(66)64(73)84-56;1-2-41-11-12-43-14-13-42-10-7-26(40)38-9-6-22-15-21(3-4-24(22)19-38)18-39-31-27(29(32)35-20-36-31)28(37-39)25-16-23-5-8-33-30(23)34-17-25/h13-15,19-20,38,43,45-47,49-52,54-57,60-61,70,74H,12,16-18,21-37,39-42H2,1-11H3;3-5,8,15-17,20H,2,6-7,9-14,18-19H2,1H3,(H,33,34)(H2,32,35,36)/b15-13+,19-14+,44-20+,48-38+;/t43-,45-,46-,47-,49-,50+,51+,52+,54-,55+,56+,57-,60-,61+,65-;/m1./s1. The van der Waals surface area contributed by atoms with E-state index >= 15 is 0 Å². The first-order valence-corrected chi connectivity index (χ1v) is 45.9. The minimum atomic E-state index is -2.46. The predicted octanol–water partition coefficient (Wildman–Crippen LogP) is 11.0. The van der Waals surface area contributed by atoms with Gasteiger partial charge in [-0.2, -0.15) is 5.10 Å². The average molecular weight is 1790 g/mol. The third kappa shape index (κ3) is 30.8. The van der Waals surface area contributed by atoms with Gasteiger partial charge in [0.1, 0.15) is 59.7 Å². The number of anilines is 1. The summed E-state index contributed by atoms with van der Waals surface area (Å²) in [4.78, 5) is 117. The van der Waals surface area contributed by atoms with Crippen LogP contribution < -0.4 is 5.73 Å². The van der Waals surface area contributed by atoms with E-state index in [1.165, 1.54) is 23.9 Å². The number of ketones is 3. The molecule has 32 heteroatoms. The number of nitrogens with two attached hydrogens (primary N) is 1. The Morgan fingerprint density at radius 3 is 2.08 bits per heavy atom. The minimum Gasteiger partial charge on any atom is -0.460 e. The van der Waals surface area contributed by atoms with Crippen molar-refractivity contribution in [1.29, 1.82) is 0 Å². The minimum absolute atomic E-state index is 0.00341. The van der Waals surface area contributed by atoms with E-state index in [1.807, 2.05) is 99.8 Å². The Morgan fingerprint density at radius 2 is 1.40 bits per heavy atom. The van der Waals surface area contributed by atoms with E-state index in [2.05, 4.69) is 38.1 Å². The number of hydrogen-bond donors (Lipinski definition) is 4. The average Bonchev–Trinajstić information content (AvgIpc) is 1.57. The third-order valence-corrected chi connectivity index (χ3v) is 24.7. The molecule has 4 aromatic heterocycles. The van der Waals surface area contributed by atoms with Crippen LogP contribution in [-0.2, 0) is 119 Å². The lowest BCUT2D eigenvalue weighted by atomic mass is 9.78. The number of piperidine rings is 1. The number of H-pyrrole nitrogens is 1. The van der Waals surface area contributed by atoms with Crippen molar-refractivity contribution in [1.82, 2.24) is 39.5 Å². The van der Waals surface area contributed by atoms with Crippen LogP contribution in [0.4, 0.5) is 5.82 Å². The number of carbonyl (C=O) groups is 7. The SMILES string of the molecule is CCOCCOCCOCCC(=O)N1CCc2cc(Cn3nc(-c4cnc5[nH]ccc5c4)c4c(N)ncnc43)ccc2C1.CCOCCOCCOCCOCCOCCCC(=O)O[C@@H]1CC[C@@H](C[C@@H](C)[C@@H]2CC(=O)[C@H](C)/C=C(\C)[C@@H](O)[C@@H](OC)C(=O)[C@H](C)C[C@H](C)/C=C/C=C/C=C(\C)[C@@H](OC)C[C@@H]3CC[C@@H](C)[C@@](O)(O3)C(=O)C(=O)N3CCCC[C@H]3C(=O)O2)C[C@H]1OC. The van der Waals surface area contributed by atoms with Crippen molar-refractivity contribution in [2.75, 3.05) is 146 Å². The van der Waals surface area contributed by atoms with Gasteiger partial charge in [-0.05, 0) is 162 Å². The van der Waals surface area contributed by atoms with Crippen LogP contribution in [0, 0.1) is 35.5 Å². The number of nitrogens with one attached hydrogen (secondary N) is 1. The van der Waals surface area contributed by atoms with Crippen LogP contribution in [0.3, 0.4) is 0 Å². The number of aliphatic hydroxyl groups is 2. The van der Waals surface area contributed by atoms with E-state index in [-0.39, 0.29) is 61.1 Å². The highest BCUT2D eigenvalue weighted by atomic mass is 16.6. The first kappa shape index (κ1) is 103. The van der Waals surface area contributed by atoms with Gasteiger partial charge in [-0.3, -0.25) is 28.8 Å². The number of hydrogen-bond acceptors (Lipinski definition) is 28. The fourth-order valence-corrected chi connectivity index (χ4v) is 17.2. The molecule has 5 N–H and O–H groups in total. The second-order valence-electron chi connectivity index (χ2n) is 34.2. The number of nitrogens with zero attached hydrogens (tertiary/aromatic N) is 7. The maximum absolute atomic E-state index is 14.7. The van der Waals surface area contributed by atoms with Gasteiger partial charge >= 0.3 is 11.9 Å². The summed E-state index contributed by atoms with van der Waals surface area (Å²) in [7, 11) is 4.52. The zero-order valence-electron chi connectivity index (χ0n) is 77.3. The summed E-state index contributed by atoms with van der Waals surface area (Å²) in [6.07, 6.45) is 17.5. The van der Waals surface area contributed by atoms with Gasteiger partial charge in [0, 0.05) is 121 Å². The molecule has 1 saturated carbocycles. The molecule has 32 nitrogen and oxygen atoms in total. The largest absolute Gasteiger partial charge is 0.460 e. The van der Waals surface area contributed by atoms with E-state index in [1.54, 1.807) is 47.3 Å². The van der Waals surface area contributed by atoms with Crippen molar-refractivity contribution >= 4 is 69.0 Å². The summed E-state index contributed by atoms with van der Waals surface area (Å²) in [5.74, 6) is -8.27. The molecule has 3 fully saturated rings. The normalized spacial score (nSPS) is 26.8. The molecule has 2 amide bonds. The lowest BCUT2D eigenvalue weighted by molar-refractivity contribution is -0.265. The van der Waals surface area contributed by atoms with Gasteiger partial charge < -0.3 is 97.0 Å². The lowest BCUT2D eigenvalue weighted by Crippen LogP contribution is -2.61. The number of nitrogen functional groups attached to an aromatic ring is 1. The van der Waals surface area contributed by atoms with Gasteiger partial charge in [0.25, 0.3) is 11.7 Å². The Kier molecular flexibility index (Phi) is 43.4. The number of rotatable bonds is 37. The fourth-order valence-electron chi connectivity index (χ4n) is 17.2. The van der Waals surface area contributed by atoms with Crippen LogP contribution in [0.5, 0.6) is 0 Å². The van der Waals surface area contributed by atoms with Crippen molar-refractivity contribution in [2.45, 2.75) is 233 Å². The van der Waals surface area contributed by atoms with Crippen LogP contribution in [0.15, 0.2) is 96.7 Å². The molecule has 1 aliphatic carbocycles. The maximum Gasteiger partial charge on any atom is 0.329 e. The number of pyridine rings is 1. The summed E-state index contributed by atoms with van der Waals surface area (Å²) in [5, 5.41) is 30.3. The van der Waals surface area contributed by atoms with Crippen molar-refractivity contribution in [3.63, 3.8) is 0 Å². The zero-order valence-corrected chi connectivity index (χ0v) is 77.3. The molecule has 2 saturated heterocycles. The van der Waals surface area contributed by atoms with E-state index in [4.69, 9.17) is 77.1 Å². The highest BCUT2D eigenvalue weighted by molar-refractivity contribution is 6.39. The molecule has 0 unspecified atom stereocenters.